The third kappa shape index (κ3) is 8.78. The number of hydrogen-bond donors (Lipinski definition) is 2. The molecule has 0 aromatic heterocycles. The predicted molar refractivity (Wildman–Crippen MR) is 80.9 cm³/mol. The van der Waals surface area contributed by atoms with Gasteiger partial charge >= 0.3 is 0 Å². The first-order valence-electron chi connectivity index (χ1n) is 6.39. The summed E-state index contributed by atoms with van der Waals surface area (Å²) in [5.74, 6) is 0.641. The molecule has 0 aliphatic carbocycles. The van der Waals surface area contributed by atoms with Crippen molar-refractivity contribution >= 4 is 37.6 Å². The fraction of sp³-hybridized carbons (Fsp3) is 0.909. The van der Waals surface area contributed by atoms with Crippen molar-refractivity contribution < 1.29 is 17.8 Å². The summed E-state index contributed by atoms with van der Waals surface area (Å²) in [4.78, 5) is 11.5. The lowest BCUT2D eigenvalue weighted by Crippen LogP contribution is -2.37. The Balaban J connectivity index is 2.07. The molecular weight excluding hydrogens is 306 g/mol. The van der Waals surface area contributed by atoms with Crippen LogP contribution in [-0.4, -0.2) is 41.7 Å². The number of hydrogen-bond acceptors (Lipinski definition) is 5. The van der Waals surface area contributed by atoms with Crippen LogP contribution in [0.25, 0.3) is 0 Å². The second kappa shape index (κ2) is 8.39. The number of amides is 1. The molecule has 112 valence electrons. The zero-order valence-corrected chi connectivity index (χ0v) is 13.5. The Morgan fingerprint density at radius 1 is 1.47 bits per heavy atom. The highest BCUT2D eigenvalue weighted by molar-refractivity contribution is 8.77. The van der Waals surface area contributed by atoms with Gasteiger partial charge in [0, 0.05) is 23.5 Å². The van der Waals surface area contributed by atoms with Gasteiger partial charge in [-0.05, 0) is 26.2 Å². The van der Waals surface area contributed by atoms with E-state index in [0.717, 1.165) is 24.5 Å². The van der Waals surface area contributed by atoms with Crippen LogP contribution in [0.3, 0.4) is 0 Å². The van der Waals surface area contributed by atoms with Gasteiger partial charge in [-0.25, -0.2) is 0 Å². The van der Waals surface area contributed by atoms with E-state index >= 15 is 0 Å². The maximum absolute atomic E-state index is 11.5. The number of carbonyl (C=O) groups excluding carboxylic acids is 1. The van der Waals surface area contributed by atoms with Crippen LogP contribution in [0.1, 0.15) is 39.0 Å². The van der Waals surface area contributed by atoms with Gasteiger partial charge < -0.3 is 5.32 Å². The zero-order valence-electron chi connectivity index (χ0n) is 11.0. The second-order valence-electron chi connectivity index (χ2n) is 4.79. The summed E-state index contributed by atoms with van der Waals surface area (Å²) in [6.07, 6.45) is 4.67. The van der Waals surface area contributed by atoms with Crippen molar-refractivity contribution in [2.75, 3.05) is 11.5 Å². The molecule has 8 heteroatoms. The van der Waals surface area contributed by atoms with Crippen LogP contribution in [0, 0.1) is 0 Å². The highest BCUT2D eigenvalue weighted by Crippen LogP contribution is 2.39. The van der Waals surface area contributed by atoms with Gasteiger partial charge in [0.2, 0.25) is 5.91 Å². The van der Waals surface area contributed by atoms with Crippen molar-refractivity contribution in [1.29, 1.82) is 0 Å². The van der Waals surface area contributed by atoms with Gasteiger partial charge in [0.25, 0.3) is 10.1 Å². The molecule has 1 aliphatic rings. The normalized spacial score (nSPS) is 21.3. The number of unbranched alkanes of at least 4 members (excludes halogenated alkanes) is 1. The first-order chi connectivity index (χ1) is 8.87. The Hall–Kier alpha value is 0.0800. The van der Waals surface area contributed by atoms with Crippen LogP contribution in [-0.2, 0) is 14.9 Å². The lowest BCUT2D eigenvalue weighted by molar-refractivity contribution is -0.121. The van der Waals surface area contributed by atoms with Gasteiger partial charge in [0.1, 0.15) is 0 Å². The third-order valence-electron chi connectivity index (χ3n) is 2.78. The number of nitrogens with one attached hydrogen (secondary N) is 1. The lowest BCUT2D eigenvalue weighted by Gasteiger charge is -2.12. The number of rotatable bonds is 8. The molecule has 0 bridgehead atoms. The minimum absolute atomic E-state index is 0.149. The molecular formula is C11H21NO4S3. The van der Waals surface area contributed by atoms with Crippen LogP contribution in [0.15, 0.2) is 0 Å². The van der Waals surface area contributed by atoms with E-state index in [-0.39, 0.29) is 5.91 Å². The first-order valence-corrected chi connectivity index (χ1v) is 10.4. The van der Waals surface area contributed by atoms with Gasteiger partial charge in [-0.15, -0.1) is 0 Å². The second-order valence-corrected chi connectivity index (χ2v) is 9.08. The van der Waals surface area contributed by atoms with Gasteiger partial charge in [0.05, 0.1) is 5.75 Å². The van der Waals surface area contributed by atoms with Gasteiger partial charge in [0.15, 0.2) is 0 Å². The van der Waals surface area contributed by atoms with E-state index in [1.165, 1.54) is 12.2 Å². The fourth-order valence-corrected chi connectivity index (χ4v) is 5.67. The summed E-state index contributed by atoms with van der Waals surface area (Å²) in [7, 11) is -0.168. The van der Waals surface area contributed by atoms with Crippen LogP contribution in [0.5, 0.6) is 0 Å². The van der Waals surface area contributed by atoms with E-state index in [1.807, 2.05) is 21.6 Å². The minimum Gasteiger partial charge on any atom is -0.353 e. The highest BCUT2D eigenvalue weighted by atomic mass is 33.1. The average Bonchev–Trinajstić information content (AvgIpc) is 2.74. The van der Waals surface area contributed by atoms with Crippen LogP contribution >= 0.6 is 21.6 Å². The quantitative estimate of drug-likeness (QED) is 0.403. The molecule has 0 radical (unpaired) electrons. The summed E-state index contributed by atoms with van der Waals surface area (Å²) in [5.41, 5.74) is 0. The van der Waals surface area contributed by atoms with E-state index in [2.05, 4.69) is 5.32 Å². The molecule has 1 rings (SSSR count). The minimum atomic E-state index is -4.03. The van der Waals surface area contributed by atoms with Crippen molar-refractivity contribution in [1.82, 2.24) is 5.32 Å². The van der Waals surface area contributed by atoms with E-state index < -0.39 is 21.9 Å². The molecule has 0 spiro atoms. The smallest absolute Gasteiger partial charge is 0.266 e. The molecule has 1 aliphatic heterocycles. The van der Waals surface area contributed by atoms with Crippen molar-refractivity contribution in [3.05, 3.63) is 0 Å². The molecule has 0 aromatic carbocycles. The van der Waals surface area contributed by atoms with E-state index in [4.69, 9.17) is 4.55 Å². The Bertz CT molecular complexity index is 379. The molecule has 5 nitrogen and oxygen atoms in total. The Kier molecular flexibility index (Phi) is 7.56. The largest absolute Gasteiger partial charge is 0.353 e. The molecule has 1 fully saturated rings. The van der Waals surface area contributed by atoms with E-state index in [0.29, 0.717) is 6.42 Å². The molecule has 19 heavy (non-hydrogen) atoms. The van der Waals surface area contributed by atoms with E-state index in [1.54, 1.807) is 6.92 Å². The molecule has 2 N–H and O–H groups in total. The molecule has 2 atom stereocenters. The molecule has 0 saturated carbocycles. The van der Waals surface area contributed by atoms with E-state index in [9.17, 15) is 13.2 Å². The van der Waals surface area contributed by atoms with Gasteiger partial charge in [-0.1, -0.05) is 28.0 Å². The monoisotopic (exact) mass is 327 g/mol. The summed E-state index contributed by atoms with van der Waals surface area (Å²) < 4.78 is 29.9. The Morgan fingerprint density at radius 3 is 2.79 bits per heavy atom. The predicted octanol–water partition coefficient (Wildman–Crippen LogP) is 2.09. The molecule has 1 amide bonds. The van der Waals surface area contributed by atoms with Gasteiger partial charge in [-0.3, -0.25) is 9.35 Å². The van der Waals surface area contributed by atoms with Crippen molar-refractivity contribution in [2.24, 2.45) is 0 Å². The van der Waals surface area contributed by atoms with Crippen LogP contribution in [0.2, 0.25) is 0 Å². The van der Waals surface area contributed by atoms with Crippen LogP contribution in [0.4, 0.5) is 0 Å². The summed E-state index contributed by atoms with van der Waals surface area (Å²) >= 11 is 0. The first kappa shape index (κ1) is 17.1. The highest BCUT2D eigenvalue weighted by Gasteiger charge is 2.17. The average molecular weight is 327 g/mol. The summed E-state index contributed by atoms with van der Waals surface area (Å²) in [6, 6.07) is -0.552. The SMILES string of the molecule is CC(CS(=O)(=O)O)NC(=O)CCCCC1CCSS1. The fourth-order valence-electron chi connectivity index (χ4n) is 1.93. The zero-order chi connectivity index (χ0) is 14.3. The maximum atomic E-state index is 11.5. The third-order valence-corrected chi connectivity index (χ3v) is 6.70. The summed E-state index contributed by atoms with van der Waals surface area (Å²) in [6.45, 7) is 1.57. The topological polar surface area (TPSA) is 83.5 Å². The molecule has 2 unspecified atom stereocenters. The molecule has 0 aromatic rings. The Morgan fingerprint density at radius 2 is 2.21 bits per heavy atom. The molecule has 1 saturated heterocycles. The number of carbonyl (C=O) groups is 1. The maximum Gasteiger partial charge on any atom is 0.266 e. The van der Waals surface area contributed by atoms with Crippen molar-refractivity contribution in [3.8, 4) is 0 Å². The summed E-state index contributed by atoms with van der Waals surface area (Å²) in [5, 5.41) is 3.31. The van der Waals surface area contributed by atoms with Crippen molar-refractivity contribution in [2.45, 2.75) is 50.3 Å². The standard InChI is InChI=1S/C11H21NO4S3/c1-9(8-19(14,15)16)12-11(13)5-3-2-4-10-6-7-17-18-10/h9-10H,2-8H2,1H3,(H,12,13)(H,14,15,16). The van der Waals surface area contributed by atoms with Crippen molar-refractivity contribution in [3.63, 3.8) is 0 Å². The van der Waals surface area contributed by atoms with Gasteiger partial charge in [-0.2, -0.15) is 8.42 Å². The van der Waals surface area contributed by atoms with Crippen LogP contribution < -0.4 is 5.32 Å². The molecule has 1 heterocycles. The lowest BCUT2D eigenvalue weighted by atomic mass is 10.1. The Labute approximate surface area is 122 Å².